The first-order valence-corrected chi connectivity index (χ1v) is 12.2. The molecule has 0 radical (unpaired) electrons. The van der Waals surface area contributed by atoms with Gasteiger partial charge in [0.2, 0.25) is 0 Å². The summed E-state index contributed by atoms with van der Waals surface area (Å²) in [6.07, 6.45) is 7.58. The maximum atomic E-state index is 12.7. The number of fused-ring (bicyclic) bond motifs is 5. The smallest absolute Gasteiger partial charge is 0.307 e. The molecule has 2 saturated carbocycles. The quantitative estimate of drug-likeness (QED) is 0.660. The van der Waals surface area contributed by atoms with Gasteiger partial charge in [0, 0.05) is 25.0 Å². The molecule has 1 heterocycles. The molecular weight excluding hydrogens is 390 g/mol. The van der Waals surface area contributed by atoms with Gasteiger partial charge in [0.1, 0.15) is 11.9 Å². The van der Waals surface area contributed by atoms with Gasteiger partial charge in [-0.05, 0) is 79.5 Å². The fourth-order valence-electron chi connectivity index (χ4n) is 7.12. The van der Waals surface area contributed by atoms with Gasteiger partial charge in [0.25, 0.3) is 0 Å². The zero-order chi connectivity index (χ0) is 21.4. The van der Waals surface area contributed by atoms with Gasteiger partial charge in [0.05, 0.1) is 26.7 Å². The number of hydrogen-bond donors (Lipinski definition) is 0. The van der Waals surface area contributed by atoms with Crippen molar-refractivity contribution in [2.75, 3.05) is 40.0 Å². The number of esters is 1. The van der Waals surface area contributed by atoms with E-state index in [0.29, 0.717) is 18.3 Å². The maximum absolute atomic E-state index is 12.7. The molecule has 1 saturated heterocycles. The molecule has 1 aliphatic heterocycles. The van der Waals surface area contributed by atoms with Crippen molar-refractivity contribution in [3.63, 3.8) is 0 Å². The van der Waals surface area contributed by atoms with E-state index in [2.05, 4.69) is 30.0 Å². The van der Waals surface area contributed by atoms with Crippen molar-refractivity contribution in [1.29, 1.82) is 0 Å². The summed E-state index contributed by atoms with van der Waals surface area (Å²) in [5.74, 6) is 3.00. The Morgan fingerprint density at radius 1 is 1.19 bits per heavy atom. The summed E-state index contributed by atoms with van der Waals surface area (Å²) in [4.78, 5) is 15.0. The van der Waals surface area contributed by atoms with Crippen LogP contribution >= 0.6 is 0 Å². The second-order valence-corrected chi connectivity index (χ2v) is 10.3. The van der Waals surface area contributed by atoms with Gasteiger partial charge in [-0.25, -0.2) is 0 Å². The SMILES string of the molecule is COc1ccc2c(c1)CC[C@@H]1[C@@H]2CC[C@]2(C)[C@@H](OC(=O)CCN3CCOCC3)CC[C@@H]12. The number of ether oxygens (including phenoxy) is 3. The molecule has 0 N–H and O–H groups in total. The van der Waals surface area contributed by atoms with E-state index < -0.39 is 0 Å². The first-order chi connectivity index (χ1) is 15.1. The zero-order valence-electron chi connectivity index (χ0n) is 19.1. The summed E-state index contributed by atoms with van der Waals surface area (Å²) in [5.41, 5.74) is 3.16. The fourth-order valence-corrected chi connectivity index (χ4v) is 7.12. The molecule has 0 spiro atoms. The van der Waals surface area contributed by atoms with Gasteiger partial charge in [0.15, 0.2) is 0 Å². The lowest BCUT2D eigenvalue weighted by Gasteiger charge is -2.50. The molecule has 0 amide bonds. The average molecular weight is 428 g/mol. The molecule has 0 aromatic heterocycles. The number of morpholine rings is 1. The predicted octanol–water partition coefficient (Wildman–Crippen LogP) is 4.19. The van der Waals surface area contributed by atoms with Gasteiger partial charge in [-0.3, -0.25) is 9.69 Å². The van der Waals surface area contributed by atoms with E-state index in [0.717, 1.165) is 63.8 Å². The number of benzene rings is 1. The molecule has 31 heavy (non-hydrogen) atoms. The highest BCUT2D eigenvalue weighted by atomic mass is 16.5. The second kappa shape index (κ2) is 8.74. The van der Waals surface area contributed by atoms with E-state index in [1.165, 1.54) is 24.8 Å². The Morgan fingerprint density at radius 3 is 2.84 bits per heavy atom. The van der Waals surface area contributed by atoms with Crippen molar-refractivity contribution in [2.24, 2.45) is 17.3 Å². The third-order valence-corrected chi connectivity index (χ3v) is 8.86. The van der Waals surface area contributed by atoms with Crippen molar-refractivity contribution in [3.8, 4) is 5.75 Å². The largest absolute Gasteiger partial charge is 0.497 e. The van der Waals surface area contributed by atoms with Crippen molar-refractivity contribution in [1.82, 2.24) is 4.90 Å². The molecule has 0 bridgehead atoms. The Labute approximate surface area is 186 Å². The Hall–Kier alpha value is -1.59. The van der Waals surface area contributed by atoms with Crippen LogP contribution in [0.15, 0.2) is 18.2 Å². The molecule has 4 aliphatic rings. The van der Waals surface area contributed by atoms with E-state index in [1.54, 1.807) is 12.7 Å². The van der Waals surface area contributed by atoms with Crippen LogP contribution in [0.1, 0.15) is 62.5 Å². The van der Waals surface area contributed by atoms with Crippen LogP contribution in [-0.4, -0.2) is 56.9 Å². The van der Waals surface area contributed by atoms with E-state index >= 15 is 0 Å². The Kier molecular flexibility index (Phi) is 6.00. The van der Waals surface area contributed by atoms with Crippen molar-refractivity contribution in [2.45, 2.75) is 63.9 Å². The fraction of sp³-hybridized carbons (Fsp3) is 0.731. The van der Waals surface area contributed by atoms with Gasteiger partial charge < -0.3 is 14.2 Å². The number of aryl methyl sites for hydroxylation is 1. The molecule has 1 aromatic carbocycles. The number of methoxy groups -OCH3 is 1. The third-order valence-electron chi connectivity index (χ3n) is 8.86. The summed E-state index contributed by atoms with van der Waals surface area (Å²) in [6.45, 7) is 6.59. The third kappa shape index (κ3) is 4.00. The topological polar surface area (TPSA) is 48.0 Å². The maximum Gasteiger partial charge on any atom is 0.307 e. The summed E-state index contributed by atoms with van der Waals surface area (Å²) < 4.78 is 17.0. The average Bonchev–Trinajstić information content (AvgIpc) is 3.13. The Bertz CT molecular complexity index is 805. The highest BCUT2D eigenvalue weighted by Crippen LogP contribution is 2.61. The van der Waals surface area contributed by atoms with Crippen molar-refractivity contribution < 1.29 is 19.0 Å². The molecule has 1 aromatic rings. The molecule has 5 heteroatoms. The molecular formula is C26H37NO4. The minimum absolute atomic E-state index is 0.0124. The molecule has 3 fully saturated rings. The Balaban J connectivity index is 1.23. The summed E-state index contributed by atoms with van der Waals surface area (Å²) >= 11 is 0. The minimum Gasteiger partial charge on any atom is -0.497 e. The normalized spacial score (nSPS) is 35.0. The number of nitrogens with zero attached hydrogens (tertiary/aromatic N) is 1. The molecule has 0 unspecified atom stereocenters. The van der Waals surface area contributed by atoms with Crippen molar-refractivity contribution >= 4 is 5.97 Å². The number of carbonyl (C=O) groups is 1. The highest BCUT2D eigenvalue weighted by molar-refractivity contribution is 5.70. The Morgan fingerprint density at radius 2 is 2.03 bits per heavy atom. The van der Waals surface area contributed by atoms with Gasteiger partial charge in [-0.15, -0.1) is 0 Å². The standard InChI is InChI=1S/C26H37NO4/c1-26-11-9-21-20-6-4-19(29-2)17-18(20)3-5-22(21)23(26)7-8-24(26)31-25(28)10-12-27-13-15-30-16-14-27/h4,6,17,21-24H,3,5,7-16H2,1-2H3/t21-,22-,23+,24+,26+/m1/s1. The molecule has 5 rings (SSSR count). The van der Waals surface area contributed by atoms with Crippen molar-refractivity contribution in [3.05, 3.63) is 29.3 Å². The van der Waals surface area contributed by atoms with E-state index in [9.17, 15) is 4.79 Å². The van der Waals surface area contributed by atoms with E-state index in [4.69, 9.17) is 14.2 Å². The number of rotatable bonds is 5. The predicted molar refractivity (Wildman–Crippen MR) is 119 cm³/mol. The number of carbonyl (C=O) groups excluding carboxylic acids is 1. The first-order valence-electron chi connectivity index (χ1n) is 12.2. The van der Waals surface area contributed by atoms with E-state index in [1.807, 2.05) is 0 Å². The zero-order valence-corrected chi connectivity index (χ0v) is 19.1. The summed E-state index contributed by atoms with van der Waals surface area (Å²) in [6, 6.07) is 6.68. The van der Waals surface area contributed by atoms with E-state index in [-0.39, 0.29) is 17.5 Å². The van der Waals surface area contributed by atoms with Crippen LogP contribution in [0.3, 0.4) is 0 Å². The monoisotopic (exact) mass is 427 g/mol. The van der Waals surface area contributed by atoms with Crippen LogP contribution < -0.4 is 4.74 Å². The van der Waals surface area contributed by atoms with Gasteiger partial charge >= 0.3 is 5.97 Å². The lowest BCUT2D eigenvalue weighted by atomic mass is 9.55. The number of hydrogen-bond acceptors (Lipinski definition) is 5. The lowest BCUT2D eigenvalue weighted by molar-refractivity contribution is -0.158. The second-order valence-electron chi connectivity index (χ2n) is 10.3. The van der Waals surface area contributed by atoms with Crippen LogP contribution in [0.5, 0.6) is 5.75 Å². The van der Waals surface area contributed by atoms with Crippen LogP contribution in [0.25, 0.3) is 0 Å². The first kappa shape index (κ1) is 21.3. The van der Waals surface area contributed by atoms with Crippen LogP contribution in [0.4, 0.5) is 0 Å². The molecule has 170 valence electrons. The molecule has 5 atom stereocenters. The molecule has 5 nitrogen and oxygen atoms in total. The van der Waals surface area contributed by atoms with Gasteiger partial charge in [-0.2, -0.15) is 0 Å². The minimum atomic E-state index is -0.0124. The van der Waals surface area contributed by atoms with Crippen LogP contribution in [-0.2, 0) is 20.7 Å². The lowest BCUT2D eigenvalue weighted by Crippen LogP contribution is -2.45. The summed E-state index contributed by atoms with van der Waals surface area (Å²) in [7, 11) is 1.75. The van der Waals surface area contributed by atoms with Crippen LogP contribution in [0.2, 0.25) is 0 Å². The molecule has 3 aliphatic carbocycles. The highest BCUT2D eigenvalue weighted by Gasteiger charge is 2.56. The summed E-state index contributed by atoms with van der Waals surface area (Å²) in [5, 5.41) is 0. The van der Waals surface area contributed by atoms with Crippen LogP contribution in [0, 0.1) is 17.3 Å². The van der Waals surface area contributed by atoms with Gasteiger partial charge in [-0.1, -0.05) is 13.0 Å².